The Hall–Kier alpha value is -2.28. The van der Waals surface area contributed by atoms with Gasteiger partial charge in [0.05, 0.1) is 5.54 Å². The number of dihydropyridines is 1. The molecular weight excluding hydrogens is 290 g/mol. The first-order chi connectivity index (χ1) is 11.3. The quantitative estimate of drug-likeness (QED) is 0.720. The van der Waals surface area contributed by atoms with Gasteiger partial charge in [-0.2, -0.15) is 0 Å². The topological polar surface area (TPSA) is 12.0 Å². The van der Waals surface area contributed by atoms with Crippen LogP contribution in [0, 0.1) is 12.3 Å². The lowest BCUT2D eigenvalue weighted by molar-refractivity contribution is 0.471. The normalized spacial score (nSPS) is 20.5. The highest BCUT2D eigenvalue weighted by molar-refractivity contribution is 5.65. The Morgan fingerprint density at radius 2 is 1.62 bits per heavy atom. The lowest BCUT2D eigenvalue weighted by Gasteiger charge is -2.35. The van der Waals surface area contributed by atoms with Crippen LogP contribution in [0.2, 0.25) is 0 Å². The molecule has 0 radical (unpaired) electrons. The average Bonchev–Trinajstić information content (AvgIpc) is 2.55. The lowest BCUT2D eigenvalue weighted by atomic mass is 9.80. The molecule has 0 aliphatic carbocycles. The Bertz CT molecular complexity index is 791. The fourth-order valence-electron chi connectivity index (χ4n) is 3.21. The smallest absolute Gasteiger partial charge is 0.0782 e. The molecule has 1 nitrogen and oxygen atoms in total. The molecule has 1 atom stereocenters. The third kappa shape index (κ3) is 3.17. The average molecular weight is 317 g/mol. The van der Waals surface area contributed by atoms with E-state index in [9.17, 15) is 0 Å². The monoisotopic (exact) mass is 317 g/mol. The van der Waals surface area contributed by atoms with Gasteiger partial charge >= 0.3 is 0 Å². The summed E-state index contributed by atoms with van der Waals surface area (Å²) in [5.74, 6) is 0. The van der Waals surface area contributed by atoms with E-state index in [-0.39, 0.29) is 11.0 Å². The van der Waals surface area contributed by atoms with Gasteiger partial charge in [-0.1, -0.05) is 75.4 Å². The SMILES string of the molecule is Cc1ccc(-c2ccccc2)cc1C1(C)C=CC(C(C)(C)C)=CN1. The van der Waals surface area contributed by atoms with E-state index < -0.39 is 0 Å². The van der Waals surface area contributed by atoms with Gasteiger partial charge in [-0.15, -0.1) is 0 Å². The molecule has 0 amide bonds. The summed E-state index contributed by atoms with van der Waals surface area (Å²) in [5.41, 5.74) is 6.46. The van der Waals surface area contributed by atoms with Crippen LogP contribution in [0.3, 0.4) is 0 Å². The van der Waals surface area contributed by atoms with Gasteiger partial charge in [-0.05, 0) is 53.2 Å². The Morgan fingerprint density at radius 1 is 0.917 bits per heavy atom. The molecule has 1 aliphatic rings. The lowest BCUT2D eigenvalue weighted by Crippen LogP contribution is -2.37. The molecule has 0 saturated carbocycles. The van der Waals surface area contributed by atoms with Crippen LogP contribution in [0.1, 0.15) is 38.8 Å². The molecule has 3 rings (SSSR count). The first kappa shape index (κ1) is 16.6. The maximum atomic E-state index is 3.64. The maximum Gasteiger partial charge on any atom is 0.0782 e. The Labute approximate surface area is 146 Å². The number of aryl methyl sites for hydroxylation is 1. The van der Waals surface area contributed by atoms with E-state index in [1.54, 1.807) is 0 Å². The molecule has 1 heterocycles. The van der Waals surface area contributed by atoms with Gasteiger partial charge in [-0.3, -0.25) is 0 Å². The molecule has 0 aromatic heterocycles. The van der Waals surface area contributed by atoms with Gasteiger partial charge in [0.1, 0.15) is 0 Å². The van der Waals surface area contributed by atoms with Gasteiger partial charge in [0.15, 0.2) is 0 Å². The summed E-state index contributed by atoms with van der Waals surface area (Å²) in [7, 11) is 0. The summed E-state index contributed by atoms with van der Waals surface area (Å²) in [4.78, 5) is 0. The number of hydrogen-bond donors (Lipinski definition) is 1. The molecule has 124 valence electrons. The second-order valence-corrected chi connectivity index (χ2v) is 7.93. The van der Waals surface area contributed by atoms with Crippen molar-refractivity contribution >= 4 is 0 Å². The van der Waals surface area contributed by atoms with Crippen molar-refractivity contribution in [3.8, 4) is 11.1 Å². The molecular formula is C23H27N. The van der Waals surface area contributed by atoms with Gasteiger partial charge in [0.25, 0.3) is 0 Å². The van der Waals surface area contributed by atoms with Crippen molar-refractivity contribution in [2.75, 3.05) is 0 Å². The van der Waals surface area contributed by atoms with E-state index in [1.165, 1.54) is 27.8 Å². The summed E-state index contributed by atoms with van der Waals surface area (Å²) in [6.45, 7) is 11.2. The minimum Gasteiger partial charge on any atom is -0.378 e. The van der Waals surface area contributed by atoms with Crippen molar-refractivity contribution in [3.05, 3.63) is 83.6 Å². The van der Waals surface area contributed by atoms with Crippen LogP contribution >= 0.6 is 0 Å². The summed E-state index contributed by atoms with van der Waals surface area (Å²) in [6, 6.07) is 17.3. The van der Waals surface area contributed by atoms with Gasteiger partial charge in [0.2, 0.25) is 0 Å². The van der Waals surface area contributed by atoms with Crippen molar-refractivity contribution in [3.63, 3.8) is 0 Å². The van der Waals surface area contributed by atoms with E-state index in [0.717, 1.165) is 0 Å². The third-order valence-corrected chi connectivity index (χ3v) is 4.89. The molecule has 0 saturated heterocycles. The summed E-state index contributed by atoms with van der Waals surface area (Å²) in [5, 5.41) is 3.64. The van der Waals surface area contributed by atoms with E-state index in [1.807, 2.05) is 0 Å². The molecule has 2 aromatic rings. The van der Waals surface area contributed by atoms with Crippen LogP contribution in [0.4, 0.5) is 0 Å². The van der Waals surface area contributed by atoms with Gasteiger partial charge in [0, 0.05) is 6.20 Å². The minimum absolute atomic E-state index is 0.158. The zero-order valence-electron chi connectivity index (χ0n) is 15.4. The highest BCUT2D eigenvalue weighted by atomic mass is 14.9. The molecule has 0 bridgehead atoms. The second kappa shape index (κ2) is 5.98. The summed E-state index contributed by atoms with van der Waals surface area (Å²) in [6.07, 6.45) is 6.74. The number of allylic oxidation sites excluding steroid dienone is 2. The van der Waals surface area contributed by atoms with Crippen LogP contribution in [-0.2, 0) is 5.54 Å². The minimum atomic E-state index is -0.177. The molecule has 1 unspecified atom stereocenters. The summed E-state index contributed by atoms with van der Waals surface area (Å²) < 4.78 is 0. The fraction of sp³-hybridized carbons (Fsp3) is 0.304. The van der Waals surface area contributed by atoms with Crippen LogP contribution in [0.5, 0.6) is 0 Å². The third-order valence-electron chi connectivity index (χ3n) is 4.89. The molecule has 0 spiro atoms. The maximum absolute atomic E-state index is 3.64. The largest absolute Gasteiger partial charge is 0.378 e. The first-order valence-corrected chi connectivity index (χ1v) is 8.64. The predicted molar refractivity (Wildman–Crippen MR) is 104 cm³/mol. The Morgan fingerprint density at radius 3 is 2.21 bits per heavy atom. The molecule has 2 aromatic carbocycles. The molecule has 0 fully saturated rings. The van der Waals surface area contributed by atoms with Gasteiger partial charge < -0.3 is 5.32 Å². The molecule has 24 heavy (non-hydrogen) atoms. The highest BCUT2D eigenvalue weighted by Gasteiger charge is 2.28. The first-order valence-electron chi connectivity index (χ1n) is 8.64. The van der Waals surface area contributed by atoms with Crippen LogP contribution < -0.4 is 5.32 Å². The Balaban J connectivity index is 1.98. The number of nitrogens with one attached hydrogen (secondary N) is 1. The van der Waals surface area contributed by atoms with Crippen molar-refractivity contribution < 1.29 is 0 Å². The van der Waals surface area contributed by atoms with Crippen molar-refractivity contribution in [1.29, 1.82) is 0 Å². The van der Waals surface area contributed by atoms with E-state index in [0.29, 0.717) is 0 Å². The number of rotatable bonds is 2. The fourth-order valence-corrected chi connectivity index (χ4v) is 3.21. The van der Waals surface area contributed by atoms with Crippen LogP contribution in [0.25, 0.3) is 11.1 Å². The Kier molecular flexibility index (Phi) is 4.13. The zero-order chi connectivity index (χ0) is 17.4. The van der Waals surface area contributed by atoms with Crippen molar-refractivity contribution in [2.24, 2.45) is 5.41 Å². The van der Waals surface area contributed by atoms with E-state index in [4.69, 9.17) is 0 Å². The molecule has 1 N–H and O–H groups in total. The predicted octanol–water partition coefficient (Wildman–Crippen LogP) is 5.97. The second-order valence-electron chi connectivity index (χ2n) is 7.93. The number of benzene rings is 2. The van der Waals surface area contributed by atoms with Crippen LogP contribution in [-0.4, -0.2) is 0 Å². The zero-order valence-corrected chi connectivity index (χ0v) is 15.4. The van der Waals surface area contributed by atoms with Crippen LogP contribution in [0.15, 0.2) is 72.5 Å². The van der Waals surface area contributed by atoms with Crippen molar-refractivity contribution in [1.82, 2.24) is 5.32 Å². The summed E-state index contributed by atoms with van der Waals surface area (Å²) >= 11 is 0. The standard InChI is InChI=1S/C23H27N/c1-17-11-12-19(18-9-7-6-8-10-18)15-21(17)23(5)14-13-20(16-24-23)22(2,3)4/h6-16,24H,1-5H3. The van der Waals surface area contributed by atoms with Crippen molar-refractivity contribution in [2.45, 2.75) is 40.2 Å². The van der Waals surface area contributed by atoms with Gasteiger partial charge in [-0.25, -0.2) is 0 Å². The highest BCUT2D eigenvalue weighted by Crippen LogP contribution is 2.35. The molecule has 1 heteroatoms. The number of hydrogen-bond acceptors (Lipinski definition) is 1. The van der Waals surface area contributed by atoms with E-state index >= 15 is 0 Å². The molecule has 1 aliphatic heterocycles. The van der Waals surface area contributed by atoms with E-state index in [2.05, 4.69) is 107 Å².